The summed E-state index contributed by atoms with van der Waals surface area (Å²) in [5, 5.41) is 2.88. The number of aromatic nitrogens is 4. The highest BCUT2D eigenvalue weighted by Gasteiger charge is 2.21. The van der Waals surface area contributed by atoms with Crippen molar-refractivity contribution in [1.82, 2.24) is 34.6 Å². The van der Waals surface area contributed by atoms with Crippen molar-refractivity contribution in [2.24, 2.45) is 0 Å². The fourth-order valence-electron chi connectivity index (χ4n) is 4.20. The number of nitrogens with zero attached hydrogens (tertiary/aromatic N) is 5. The Bertz CT molecular complexity index is 1310. The first-order valence-corrected chi connectivity index (χ1v) is 12.4. The number of carbonyl (C=O) groups is 1. The Kier molecular flexibility index (Phi) is 8.03. The van der Waals surface area contributed by atoms with Gasteiger partial charge in [-0.25, -0.2) is 14.4 Å². The molecule has 0 aliphatic carbocycles. The third kappa shape index (κ3) is 6.06. The summed E-state index contributed by atoms with van der Waals surface area (Å²) < 4.78 is 15.5. The van der Waals surface area contributed by atoms with Crippen molar-refractivity contribution in [3.63, 3.8) is 0 Å². The zero-order chi connectivity index (χ0) is 26.5. The Morgan fingerprint density at radius 3 is 2.51 bits per heavy atom. The van der Waals surface area contributed by atoms with Crippen molar-refractivity contribution < 1.29 is 9.18 Å². The van der Waals surface area contributed by atoms with Gasteiger partial charge in [-0.05, 0) is 70.3 Å². The Morgan fingerprint density at radius 1 is 1.16 bits per heavy atom. The summed E-state index contributed by atoms with van der Waals surface area (Å²) >= 11 is 0. The van der Waals surface area contributed by atoms with Crippen molar-refractivity contribution in [1.29, 1.82) is 0 Å². The van der Waals surface area contributed by atoms with Crippen LogP contribution in [0.3, 0.4) is 0 Å². The lowest BCUT2D eigenvalue weighted by atomic mass is 10.1. The minimum absolute atomic E-state index is 0.102. The van der Waals surface area contributed by atoms with Gasteiger partial charge < -0.3 is 24.7 Å². The molecular formula is C28H34FN7O. The molecule has 194 valence electrons. The van der Waals surface area contributed by atoms with Crippen LogP contribution in [0.4, 0.5) is 4.39 Å². The van der Waals surface area contributed by atoms with E-state index in [9.17, 15) is 9.18 Å². The molecule has 0 saturated carbocycles. The number of nitrogens with one attached hydrogen (secondary N) is 2. The number of likely N-dealkylation sites (N-methyl/N-ethyl adjacent to an activating group) is 1. The zero-order valence-electron chi connectivity index (χ0n) is 21.8. The van der Waals surface area contributed by atoms with Crippen LogP contribution in [0.25, 0.3) is 22.8 Å². The van der Waals surface area contributed by atoms with Crippen LogP contribution < -0.4 is 5.32 Å². The second-order valence-electron chi connectivity index (χ2n) is 9.46. The van der Waals surface area contributed by atoms with Gasteiger partial charge in [0.05, 0.1) is 12.0 Å². The lowest BCUT2D eigenvalue weighted by Crippen LogP contribution is -2.43. The summed E-state index contributed by atoms with van der Waals surface area (Å²) in [6.07, 6.45) is 8.76. The molecule has 1 amide bonds. The van der Waals surface area contributed by atoms with Crippen LogP contribution in [-0.2, 0) is 0 Å². The van der Waals surface area contributed by atoms with E-state index in [-0.39, 0.29) is 23.5 Å². The highest BCUT2D eigenvalue weighted by Crippen LogP contribution is 2.31. The largest absolute Gasteiger partial charge is 0.372 e. The lowest BCUT2D eigenvalue weighted by molar-refractivity contribution is 0.0963. The maximum absolute atomic E-state index is 13.5. The molecule has 0 unspecified atom stereocenters. The summed E-state index contributed by atoms with van der Waals surface area (Å²) in [6.45, 7) is 14.0. The number of hydrogen-bond donors (Lipinski definition) is 2. The maximum Gasteiger partial charge on any atom is 0.275 e. The van der Waals surface area contributed by atoms with Crippen molar-refractivity contribution in [3.05, 3.63) is 84.5 Å². The molecule has 0 bridgehead atoms. The molecule has 3 heterocycles. The summed E-state index contributed by atoms with van der Waals surface area (Å²) in [4.78, 5) is 29.9. The van der Waals surface area contributed by atoms with E-state index in [1.807, 2.05) is 30.6 Å². The third-order valence-corrected chi connectivity index (χ3v) is 6.49. The summed E-state index contributed by atoms with van der Waals surface area (Å²) in [5.41, 5.74) is 4.11. The van der Waals surface area contributed by atoms with E-state index in [2.05, 4.69) is 50.6 Å². The molecule has 9 heteroatoms. The molecule has 3 aromatic rings. The van der Waals surface area contributed by atoms with E-state index in [4.69, 9.17) is 0 Å². The number of piperazine rings is 1. The topological polar surface area (TPSA) is 82.1 Å². The average Bonchev–Trinajstić information content (AvgIpc) is 3.55. The molecule has 0 radical (unpaired) electrons. The first-order chi connectivity index (χ1) is 17.8. The van der Waals surface area contributed by atoms with Crippen molar-refractivity contribution in [2.75, 3.05) is 33.2 Å². The van der Waals surface area contributed by atoms with E-state index in [0.717, 1.165) is 43.1 Å². The van der Waals surface area contributed by atoms with Crippen LogP contribution in [0.15, 0.2) is 73.0 Å². The smallest absolute Gasteiger partial charge is 0.275 e. The molecule has 2 aromatic heterocycles. The van der Waals surface area contributed by atoms with Gasteiger partial charge in [-0.1, -0.05) is 6.58 Å². The van der Waals surface area contributed by atoms with E-state index in [1.165, 1.54) is 12.1 Å². The normalized spacial score (nSPS) is 15.4. The number of benzene rings is 1. The van der Waals surface area contributed by atoms with Gasteiger partial charge >= 0.3 is 0 Å². The van der Waals surface area contributed by atoms with E-state index >= 15 is 0 Å². The SMILES string of the molecule is C=C/C(=C\C=C(/C)N1CCN(C)CC1)NC(=O)c1c[nH]c(-c2c(-c3ccc(F)cc3)ncn2C(C)C)n1. The summed E-state index contributed by atoms with van der Waals surface area (Å²) in [7, 11) is 2.13. The van der Waals surface area contributed by atoms with Gasteiger partial charge in [-0.15, -0.1) is 0 Å². The number of halogens is 1. The predicted octanol–water partition coefficient (Wildman–Crippen LogP) is 4.61. The van der Waals surface area contributed by atoms with Crippen molar-refractivity contribution in [3.8, 4) is 22.8 Å². The number of aromatic amines is 1. The zero-order valence-corrected chi connectivity index (χ0v) is 21.8. The number of amides is 1. The van der Waals surface area contributed by atoms with Gasteiger partial charge in [-0.2, -0.15) is 0 Å². The number of carbonyl (C=O) groups excluding carboxylic acids is 1. The van der Waals surface area contributed by atoms with Gasteiger partial charge in [-0.3, -0.25) is 4.79 Å². The number of rotatable bonds is 8. The maximum atomic E-state index is 13.5. The van der Waals surface area contributed by atoms with Gasteiger partial charge in [0.2, 0.25) is 0 Å². The van der Waals surface area contributed by atoms with Gasteiger partial charge in [0.25, 0.3) is 5.91 Å². The molecule has 1 aliphatic rings. The predicted molar refractivity (Wildman–Crippen MR) is 144 cm³/mol. The standard InChI is InChI=1S/C28H34FN7O/c1-6-23(12-7-20(4)35-15-13-34(5)14-16-35)32-28(37)24-17-30-27(33-24)26-25(31-18-36(26)19(2)3)21-8-10-22(29)11-9-21/h6-12,17-19H,1,13-16H2,2-5H3,(H,30,33)(H,32,37)/b20-7+,23-12+. The molecule has 1 aromatic carbocycles. The van der Waals surface area contributed by atoms with Crippen LogP contribution in [0, 0.1) is 5.82 Å². The van der Waals surface area contributed by atoms with Crippen LogP contribution in [0.2, 0.25) is 0 Å². The number of imidazole rings is 2. The first-order valence-electron chi connectivity index (χ1n) is 12.4. The Labute approximate surface area is 217 Å². The van der Waals surface area contributed by atoms with Crippen LogP contribution in [0.1, 0.15) is 37.3 Å². The molecule has 0 atom stereocenters. The monoisotopic (exact) mass is 503 g/mol. The number of allylic oxidation sites excluding steroid dienone is 4. The molecule has 8 nitrogen and oxygen atoms in total. The minimum atomic E-state index is -0.349. The summed E-state index contributed by atoms with van der Waals surface area (Å²) in [6, 6.07) is 6.27. The highest BCUT2D eigenvalue weighted by molar-refractivity contribution is 5.94. The first kappa shape index (κ1) is 26.1. The second kappa shape index (κ2) is 11.4. The van der Waals surface area contributed by atoms with E-state index in [1.54, 1.807) is 30.7 Å². The third-order valence-electron chi connectivity index (χ3n) is 6.49. The van der Waals surface area contributed by atoms with Crippen molar-refractivity contribution in [2.45, 2.75) is 26.8 Å². The van der Waals surface area contributed by atoms with Crippen LogP contribution >= 0.6 is 0 Å². The second-order valence-corrected chi connectivity index (χ2v) is 9.46. The van der Waals surface area contributed by atoms with Crippen LogP contribution in [0.5, 0.6) is 0 Å². The number of H-pyrrole nitrogens is 1. The molecule has 1 fully saturated rings. The van der Waals surface area contributed by atoms with Gasteiger partial charge in [0.1, 0.15) is 17.2 Å². The fraction of sp³-hybridized carbons (Fsp3) is 0.321. The van der Waals surface area contributed by atoms with Gasteiger partial charge in [0, 0.05) is 55.4 Å². The van der Waals surface area contributed by atoms with E-state index < -0.39 is 0 Å². The molecule has 1 saturated heterocycles. The lowest BCUT2D eigenvalue weighted by Gasteiger charge is -2.34. The molecule has 1 aliphatic heterocycles. The van der Waals surface area contributed by atoms with Crippen molar-refractivity contribution >= 4 is 5.91 Å². The molecule has 37 heavy (non-hydrogen) atoms. The van der Waals surface area contributed by atoms with Gasteiger partial charge in [0.15, 0.2) is 5.82 Å². The average molecular weight is 504 g/mol. The minimum Gasteiger partial charge on any atom is -0.372 e. The fourth-order valence-corrected chi connectivity index (χ4v) is 4.20. The Balaban J connectivity index is 1.54. The molecular weight excluding hydrogens is 469 g/mol. The van der Waals surface area contributed by atoms with Crippen LogP contribution in [-0.4, -0.2) is 68.5 Å². The van der Waals surface area contributed by atoms with E-state index in [0.29, 0.717) is 17.2 Å². The highest BCUT2D eigenvalue weighted by atomic mass is 19.1. The molecule has 0 spiro atoms. The summed E-state index contributed by atoms with van der Waals surface area (Å²) in [5.74, 6) is -0.158. The molecule has 2 N–H and O–H groups in total. The molecule has 4 rings (SSSR count). The number of hydrogen-bond acceptors (Lipinski definition) is 5. The Morgan fingerprint density at radius 2 is 1.86 bits per heavy atom. The Hall–Kier alpha value is -3.98. The quantitative estimate of drug-likeness (QED) is 0.439.